The summed E-state index contributed by atoms with van der Waals surface area (Å²) in [6.45, 7) is 2.35. The van der Waals surface area contributed by atoms with E-state index in [2.05, 4.69) is 5.10 Å². The van der Waals surface area contributed by atoms with Crippen LogP contribution in [0.15, 0.2) is 0 Å². The Hall–Kier alpha value is -1.56. The summed E-state index contributed by atoms with van der Waals surface area (Å²) in [7, 11) is 1.56. The molecule has 0 spiro atoms. The van der Waals surface area contributed by atoms with Gasteiger partial charge in [-0.15, -0.1) is 0 Å². The molecule has 6 nitrogen and oxygen atoms in total. The average Bonchev–Trinajstić information content (AvgIpc) is 3.08. The van der Waals surface area contributed by atoms with Crippen LogP contribution >= 0.6 is 0 Å². The van der Waals surface area contributed by atoms with Gasteiger partial charge < -0.3 is 15.2 Å². The quantitative estimate of drug-likeness (QED) is 0.779. The van der Waals surface area contributed by atoms with Gasteiger partial charge in [0.25, 0.3) is 0 Å². The molecule has 2 N–H and O–H groups in total. The van der Waals surface area contributed by atoms with Crippen molar-refractivity contribution in [3.63, 3.8) is 0 Å². The van der Waals surface area contributed by atoms with Gasteiger partial charge in [0.1, 0.15) is 5.82 Å². The third-order valence-electron chi connectivity index (χ3n) is 2.70. The van der Waals surface area contributed by atoms with Crippen LogP contribution in [0.2, 0.25) is 0 Å². The first-order chi connectivity index (χ1) is 8.19. The molecule has 1 aliphatic rings. The van der Waals surface area contributed by atoms with Crippen LogP contribution in [-0.2, 0) is 16.1 Å². The molecule has 0 unspecified atom stereocenters. The second kappa shape index (κ2) is 4.75. The van der Waals surface area contributed by atoms with E-state index < -0.39 is 5.97 Å². The minimum atomic E-state index is -0.439. The second-order valence-corrected chi connectivity index (χ2v) is 4.04. The van der Waals surface area contributed by atoms with E-state index in [0.29, 0.717) is 24.0 Å². The van der Waals surface area contributed by atoms with Crippen molar-refractivity contribution in [1.29, 1.82) is 0 Å². The van der Waals surface area contributed by atoms with Gasteiger partial charge in [-0.1, -0.05) is 0 Å². The number of hydrogen-bond acceptors (Lipinski definition) is 5. The maximum absolute atomic E-state index is 11.7. The van der Waals surface area contributed by atoms with Gasteiger partial charge in [-0.3, -0.25) is 0 Å². The Kier molecular flexibility index (Phi) is 3.33. The van der Waals surface area contributed by atoms with E-state index in [0.717, 1.165) is 12.8 Å². The van der Waals surface area contributed by atoms with Crippen molar-refractivity contribution < 1.29 is 14.3 Å². The fraction of sp³-hybridized carbons (Fsp3) is 0.636. The van der Waals surface area contributed by atoms with Crippen molar-refractivity contribution in [1.82, 2.24) is 9.78 Å². The van der Waals surface area contributed by atoms with Gasteiger partial charge in [-0.2, -0.15) is 5.10 Å². The molecular formula is C11H17N3O3. The molecule has 1 fully saturated rings. The molecule has 0 aliphatic heterocycles. The first kappa shape index (κ1) is 11.9. The molecule has 1 saturated carbocycles. The van der Waals surface area contributed by atoms with Crippen molar-refractivity contribution >= 4 is 11.8 Å². The molecule has 94 valence electrons. The fourth-order valence-electron chi connectivity index (χ4n) is 1.73. The summed E-state index contributed by atoms with van der Waals surface area (Å²) in [5.74, 6) is 0.0723. The molecular weight excluding hydrogens is 222 g/mol. The number of carbonyl (C=O) groups excluding carboxylic acids is 1. The van der Waals surface area contributed by atoms with Crippen LogP contribution in [0, 0.1) is 0 Å². The highest BCUT2D eigenvalue weighted by Gasteiger charge is 2.31. The zero-order valence-corrected chi connectivity index (χ0v) is 10.1. The highest BCUT2D eigenvalue weighted by molar-refractivity contribution is 5.90. The largest absolute Gasteiger partial charge is 0.461 e. The first-order valence-corrected chi connectivity index (χ1v) is 5.72. The number of rotatable bonds is 5. The molecule has 1 aromatic heterocycles. The van der Waals surface area contributed by atoms with Crippen molar-refractivity contribution in [3.8, 4) is 0 Å². The standard InChI is InChI=1S/C11H17N3O3/c1-3-17-11(15)9-8(6-16-2)10(12)14(13-9)7-4-5-7/h7H,3-6,12H2,1-2H3. The summed E-state index contributed by atoms with van der Waals surface area (Å²) >= 11 is 0. The molecule has 0 amide bonds. The number of anilines is 1. The maximum Gasteiger partial charge on any atom is 0.359 e. The Morgan fingerprint density at radius 1 is 1.59 bits per heavy atom. The molecule has 1 heterocycles. The fourth-order valence-corrected chi connectivity index (χ4v) is 1.73. The number of methoxy groups -OCH3 is 1. The van der Waals surface area contributed by atoms with Gasteiger partial charge in [-0.05, 0) is 19.8 Å². The smallest absolute Gasteiger partial charge is 0.359 e. The van der Waals surface area contributed by atoms with E-state index in [1.54, 1.807) is 18.7 Å². The molecule has 6 heteroatoms. The second-order valence-electron chi connectivity index (χ2n) is 4.04. The number of carbonyl (C=O) groups is 1. The molecule has 0 aromatic carbocycles. The zero-order chi connectivity index (χ0) is 12.4. The SMILES string of the molecule is CCOC(=O)c1nn(C2CC2)c(N)c1COC. The van der Waals surface area contributed by atoms with Crippen molar-refractivity contribution in [2.24, 2.45) is 0 Å². The third kappa shape index (κ3) is 2.26. The number of nitrogens with two attached hydrogens (primary N) is 1. The van der Waals surface area contributed by atoms with Crippen LogP contribution in [0.5, 0.6) is 0 Å². The number of hydrogen-bond donors (Lipinski definition) is 1. The number of ether oxygens (including phenoxy) is 2. The summed E-state index contributed by atoms with van der Waals surface area (Å²) in [5.41, 5.74) is 6.88. The van der Waals surface area contributed by atoms with Gasteiger partial charge in [0.15, 0.2) is 5.69 Å². The molecule has 0 atom stereocenters. The molecule has 0 saturated heterocycles. The van der Waals surface area contributed by atoms with E-state index >= 15 is 0 Å². The summed E-state index contributed by atoms with van der Waals surface area (Å²) in [4.78, 5) is 11.7. The van der Waals surface area contributed by atoms with Crippen LogP contribution in [0.1, 0.15) is 41.9 Å². The third-order valence-corrected chi connectivity index (χ3v) is 2.70. The predicted octanol–water partition coefficient (Wildman–Crippen LogP) is 1.12. The van der Waals surface area contributed by atoms with Crippen LogP contribution < -0.4 is 5.73 Å². The Bertz CT molecular complexity index is 424. The summed E-state index contributed by atoms with van der Waals surface area (Å²) in [6, 6.07) is 0.328. The van der Waals surface area contributed by atoms with E-state index in [4.69, 9.17) is 15.2 Å². The molecule has 0 bridgehead atoms. The van der Waals surface area contributed by atoms with E-state index in [1.165, 1.54) is 0 Å². The van der Waals surface area contributed by atoms with Crippen molar-refractivity contribution in [2.45, 2.75) is 32.4 Å². The molecule has 2 rings (SSSR count). The van der Waals surface area contributed by atoms with Crippen molar-refractivity contribution in [3.05, 3.63) is 11.3 Å². The predicted molar refractivity (Wildman–Crippen MR) is 61.6 cm³/mol. The number of nitrogen functional groups attached to an aromatic ring is 1. The van der Waals surface area contributed by atoms with Gasteiger partial charge in [0.05, 0.1) is 24.8 Å². The van der Waals surface area contributed by atoms with Gasteiger partial charge in [-0.25, -0.2) is 9.48 Å². The molecule has 0 radical (unpaired) electrons. The summed E-state index contributed by atoms with van der Waals surface area (Å²) < 4.78 is 11.7. The Morgan fingerprint density at radius 2 is 2.29 bits per heavy atom. The monoisotopic (exact) mass is 239 g/mol. The topological polar surface area (TPSA) is 79.4 Å². The van der Waals surface area contributed by atoms with Gasteiger partial charge >= 0.3 is 5.97 Å². The zero-order valence-electron chi connectivity index (χ0n) is 10.1. The Labute approximate surface area is 99.7 Å². The lowest BCUT2D eigenvalue weighted by atomic mass is 10.2. The summed E-state index contributed by atoms with van der Waals surface area (Å²) in [5, 5.41) is 4.25. The highest BCUT2D eigenvalue weighted by atomic mass is 16.5. The highest BCUT2D eigenvalue weighted by Crippen LogP contribution is 2.37. The van der Waals surface area contributed by atoms with Gasteiger partial charge in [0, 0.05) is 7.11 Å². The maximum atomic E-state index is 11.7. The summed E-state index contributed by atoms with van der Waals surface area (Å²) in [6.07, 6.45) is 2.11. The number of esters is 1. The lowest BCUT2D eigenvalue weighted by Crippen LogP contribution is -2.09. The van der Waals surface area contributed by atoms with Crippen LogP contribution in [-0.4, -0.2) is 29.5 Å². The minimum absolute atomic E-state index is 0.271. The Balaban J connectivity index is 2.34. The normalized spacial score (nSPS) is 14.9. The minimum Gasteiger partial charge on any atom is -0.461 e. The first-order valence-electron chi connectivity index (χ1n) is 5.72. The number of aromatic nitrogens is 2. The molecule has 1 aliphatic carbocycles. The number of nitrogens with zero attached hydrogens (tertiary/aromatic N) is 2. The lowest BCUT2D eigenvalue weighted by molar-refractivity contribution is 0.0514. The van der Waals surface area contributed by atoms with Crippen LogP contribution in [0.25, 0.3) is 0 Å². The lowest BCUT2D eigenvalue weighted by Gasteiger charge is -2.02. The van der Waals surface area contributed by atoms with E-state index in [-0.39, 0.29) is 12.3 Å². The van der Waals surface area contributed by atoms with Crippen molar-refractivity contribution in [2.75, 3.05) is 19.5 Å². The van der Waals surface area contributed by atoms with Gasteiger partial charge in [0.2, 0.25) is 0 Å². The van der Waals surface area contributed by atoms with E-state index in [9.17, 15) is 4.79 Å². The average molecular weight is 239 g/mol. The molecule has 1 aromatic rings. The van der Waals surface area contributed by atoms with Crippen LogP contribution in [0.4, 0.5) is 5.82 Å². The van der Waals surface area contributed by atoms with E-state index in [1.807, 2.05) is 0 Å². The Morgan fingerprint density at radius 3 is 2.82 bits per heavy atom. The molecule has 17 heavy (non-hydrogen) atoms. The van der Waals surface area contributed by atoms with Crippen LogP contribution in [0.3, 0.4) is 0 Å².